The zero-order valence-corrected chi connectivity index (χ0v) is 23.3. The third kappa shape index (κ3) is 8.27. The van der Waals surface area contributed by atoms with Crippen LogP contribution in [0, 0.1) is 0 Å². The second-order valence-corrected chi connectivity index (χ2v) is 11.1. The van der Waals surface area contributed by atoms with Gasteiger partial charge in [-0.25, -0.2) is 0 Å². The molecule has 0 heterocycles. The van der Waals surface area contributed by atoms with Crippen LogP contribution in [-0.4, -0.2) is 41.7 Å². The number of halogens is 1. The quantitative estimate of drug-likeness (QED) is 0.288. The van der Waals surface area contributed by atoms with Crippen LogP contribution in [0.1, 0.15) is 42.4 Å². The molecule has 1 fully saturated rings. The SMILES string of the molecule is COc1ccc(CSCC(=O)N(Cc2cccc(Cl)c2)C(Cc2ccccc2)C(=O)NC2CCCC2)cc1. The second-order valence-electron chi connectivity index (χ2n) is 9.69. The Morgan fingerprint density at radius 1 is 0.974 bits per heavy atom. The van der Waals surface area contributed by atoms with Gasteiger partial charge in [0.25, 0.3) is 0 Å². The Kier molecular flexibility index (Phi) is 10.5. The van der Waals surface area contributed by atoms with E-state index in [9.17, 15) is 9.59 Å². The van der Waals surface area contributed by atoms with E-state index < -0.39 is 6.04 Å². The van der Waals surface area contributed by atoms with Gasteiger partial charge in [0.2, 0.25) is 11.8 Å². The van der Waals surface area contributed by atoms with Crippen LogP contribution in [0.3, 0.4) is 0 Å². The molecule has 1 aliphatic carbocycles. The molecule has 0 spiro atoms. The van der Waals surface area contributed by atoms with Gasteiger partial charge in [-0.3, -0.25) is 9.59 Å². The Labute approximate surface area is 234 Å². The summed E-state index contributed by atoms with van der Waals surface area (Å²) in [5.41, 5.74) is 3.04. The van der Waals surface area contributed by atoms with E-state index in [1.54, 1.807) is 23.8 Å². The summed E-state index contributed by atoms with van der Waals surface area (Å²) in [6.07, 6.45) is 4.69. The van der Waals surface area contributed by atoms with Crippen LogP contribution in [0.5, 0.6) is 5.75 Å². The predicted octanol–water partition coefficient (Wildman–Crippen LogP) is 6.28. The van der Waals surface area contributed by atoms with Gasteiger partial charge in [-0.1, -0.05) is 79.0 Å². The number of hydrogen-bond acceptors (Lipinski definition) is 4. The zero-order chi connectivity index (χ0) is 26.7. The number of methoxy groups -OCH3 is 1. The van der Waals surface area contributed by atoms with Gasteiger partial charge in [0.05, 0.1) is 12.9 Å². The van der Waals surface area contributed by atoms with Crippen molar-refractivity contribution in [2.75, 3.05) is 12.9 Å². The van der Waals surface area contributed by atoms with Crippen LogP contribution >= 0.6 is 23.4 Å². The highest BCUT2D eigenvalue weighted by atomic mass is 35.5. The average molecular weight is 551 g/mol. The first-order valence-electron chi connectivity index (χ1n) is 13.1. The molecule has 0 bridgehead atoms. The fraction of sp³-hybridized carbons (Fsp3) is 0.355. The summed E-state index contributed by atoms with van der Waals surface area (Å²) in [6, 6.07) is 24.8. The van der Waals surface area contributed by atoms with Crippen molar-refractivity contribution in [2.24, 2.45) is 0 Å². The summed E-state index contributed by atoms with van der Waals surface area (Å²) in [5.74, 6) is 1.62. The molecule has 1 atom stereocenters. The van der Waals surface area contributed by atoms with E-state index in [1.165, 1.54) is 0 Å². The summed E-state index contributed by atoms with van der Waals surface area (Å²) in [5, 5.41) is 3.86. The standard InChI is InChI=1S/C31H35ClN2O3S/c1-37-28-16-14-24(15-17-28)21-38-22-30(35)34(20-25-10-7-11-26(32)18-25)29(19-23-8-3-2-4-9-23)31(36)33-27-12-5-6-13-27/h2-4,7-11,14-18,27,29H,5-6,12-13,19-22H2,1H3,(H,33,36). The van der Waals surface area contributed by atoms with Crippen LogP contribution in [0.25, 0.3) is 0 Å². The van der Waals surface area contributed by atoms with Gasteiger partial charge < -0.3 is 15.0 Å². The fourth-order valence-electron chi connectivity index (χ4n) is 4.81. The van der Waals surface area contributed by atoms with Gasteiger partial charge in [-0.15, -0.1) is 11.8 Å². The molecule has 1 N–H and O–H groups in total. The average Bonchev–Trinajstić information content (AvgIpc) is 3.44. The molecular weight excluding hydrogens is 516 g/mol. The molecule has 1 unspecified atom stereocenters. The first-order valence-corrected chi connectivity index (χ1v) is 14.6. The highest BCUT2D eigenvalue weighted by Crippen LogP contribution is 2.22. The van der Waals surface area contributed by atoms with Crippen molar-refractivity contribution in [1.82, 2.24) is 10.2 Å². The van der Waals surface area contributed by atoms with Crippen LogP contribution in [0.2, 0.25) is 5.02 Å². The summed E-state index contributed by atoms with van der Waals surface area (Å²) < 4.78 is 5.24. The molecule has 0 aliphatic heterocycles. The lowest BCUT2D eigenvalue weighted by molar-refractivity contribution is -0.139. The van der Waals surface area contributed by atoms with E-state index in [-0.39, 0.29) is 23.6 Å². The Hall–Kier alpha value is -2.96. The van der Waals surface area contributed by atoms with Crippen molar-refractivity contribution in [2.45, 2.75) is 56.5 Å². The molecule has 1 aliphatic rings. The molecule has 2 amide bonds. The lowest BCUT2D eigenvalue weighted by Crippen LogP contribution is -2.52. The highest BCUT2D eigenvalue weighted by Gasteiger charge is 2.32. The first kappa shape index (κ1) is 28.1. The number of carbonyl (C=O) groups excluding carboxylic acids is 2. The first-order chi connectivity index (χ1) is 18.5. The topological polar surface area (TPSA) is 58.6 Å². The van der Waals surface area contributed by atoms with Gasteiger partial charge in [-0.2, -0.15) is 0 Å². The molecule has 0 saturated heterocycles. The van der Waals surface area contributed by atoms with Gasteiger partial charge >= 0.3 is 0 Å². The number of nitrogens with zero attached hydrogens (tertiary/aromatic N) is 1. The Morgan fingerprint density at radius 2 is 1.68 bits per heavy atom. The molecule has 38 heavy (non-hydrogen) atoms. The van der Waals surface area contributed by atoms with E-state index in [4.69, 9.17) is 16.3 Å². The number of benzene rings is 3. The molecule has 200 valence electrons. The lowest BCUT2D eigenvalue weighted by Gasteiger charge is -2.32. The molecular formula is C31H35ClN2O3S. The maximum atomic E-state index is 13.8. The van der Waals surface area contributed by atoms with E-state index in [0.29, 0.717) is 23.7 Å². The van der Waals surface area contributed by atoms with E-state index in [2.05, 4.69) is 5.32 Å². The number of carbonyl (C=O) groups is 2. The minimum Gasteiger partial charge on any atom is -0.497 e. The van der Waals surface area contributed by atoms with E-state index >= 15 is 0 Å². The monoisotopic (exact) mass is 550 g/mol. The molecule has 0 aromatic heterocycles. The molecule has 3 aromatic rings. The van der Waals surface area contributed by atoms with Crippen molar-refractivity contribution in [3.8, 4) is 5.75 Å². The Morgan fingerprint density at radius 3 is 2.37 bits per heavy atom. The number of nitrogens with one attached hydrogen (secondary N) is 1. The molecule has 5 nitrogen and oxygen atoms in total. The minimum atomic E-state index is -0.619. The van der Waals surface area contributed by atoms with Crippen LogP contribution in [-0.2, 0) is 28.3 Å². The second kappa shape index (κ2) is 14.3. The van der Waals surface area contributed by atoms with Gasteiger partial charge in [0.1, 0.15) is 11.8 Å². The maximum Gasteiger partial charge on any atom is 0.243 e. The largest absolute Gasteiger partial charge is 0.497 e. The number of rotatable bonds is 12. The van der Waals surface area contributed by atoms with Crippen molar-refractivity contribution in [3.63, 3.8) is 0 Å². The van der Waals surface area contributed by atoms with Crippen LogP contribution < -0.4 is 10.1 Å². The molecule has 3 aromatic carbocycles. The van der Waals surface area contributed by atoms with E-state index in [1.807, 2.05) is 78.9 Å². The van der Waals surface area contributed by atoms with E-state index in [0.717, 1.165) is 48.1 Å². The summed E-state index contributed by atoms with van der Waals surface area (Å²) >= 11 is 7.82. The molecule has 0 radical (unpaired) electrons. The maximum absolute atomic E-state index is 13.8. The smallest absolute Gasteiger partial charge is 0.243 e. The van der Waals surface area contributed by atoms with Crippen LogP contribution in [0.15, 0.2) is 78.9 Å². The number of thioether (sulfide) groups is 1. The van der Waals surface area contributed by atoms with Crippen molar-refractivity contribution < 1.29 is 14.3 Å². The van der Waals surface area contributed by atoms with Crippen molar-refractivity contribution in [1.29, 1.82) is 0 Å². The highest BCUT2D eigenvalue weighted by molar-refractivity contribution is 7.99. The van der Waals surface area contributed by atoms with Crippen molar-refractivity contribution >= 4 is 35.2 Å². The molecule has 1 saturated carbocycles. The number of ether oxygens (including phenoxy) is 1. The molecule has 4 rings (SSSR count). The van der Waals surface area contributed by atoms with Crippen molar-refractivity contribution in [3.05, 3.63) is 101 Å². The lowest BCUT2D eigenvalue weighted by atomic mass is 10.0. The zero-order valence-electron chi connectivity index (χ0n) is 21.8. The Bertz CT molecular complexity index is 1180. The number of hydrogen-bond donors (Lipinski definition) is 1. The minimum absolute atomic E-state index is 0.0639. The normalized spacial score (nSPS) is 14.2. The Balaban J connectivity index is 1.54. The fourth-order valence-corrected chi connectivity index (χ4v) is 5.90. The van der Waals surface area contributed by atoms with Gasteiger partial charge in [-0.05, 0) is 53.8 Å². The van der Waals surface area contributed by atoms with Gasteiger partial charge in [0.15, 0.2) is 0 Å². The summed E-state index contributed by atoms with van der Waals surface area (Å²) in [4.78, 5) is 29.2. The summed E-state index contributed by atoms with van der Waals surface area (Å²) in [7, 11) is 1.64. The predicted molar refractivity (Wildman–Crippen MR) is 155 cm³/mol. The third-order valence-electron chi connectivity index (χ3n) is 6.87. The van der Waals surface area contributed by atoms with Crippen LogP contribution in [0.4, 0.5) is 0 Å². The third-order valence-corrected chi connectivity index (χ3v) is 8.09. The summed E-state index contributed by atoms with van der Waals surface area (Å²) in [6.45, 7) is 0.318. The molecule has 7 heteroatoms. The van der Waals surface area contributed by atoms with Gasteiger partial charge in [0, 0.05) is 29.8 Å². The number of amides is 2.